The molecule has 1 saturated heterocycles. The zero-order valence-electron chi connectivity index (χ0n) is 15.2. The summed E-state index contributed by atoms with van der Waals surface area (Å²) in [6.07, 6.45) is 1.99. The average Bonchev–Trinajstić information content (AvgIpc) is 3.14. The molecular formula is C19H25N3O3S. The zero-order valence-corrected chi connectivity index (χ0v) is 16.1. The number of benzene rings is 1. The minimum Gasteiger partial charge on any atom is -0.376 e. The van der Waals surface area contributed by atoms with Gasteiger partial charge in [-0.25, -0.2) is 4.98 Å². The first-order valence-corrected chi connectivity index (χ1v) is 10.0. The van der Waals surface area contributed by atoms with Crippen molar-refractivity contribution in [2.24, 2.45) is 5.92 Å². The molecule has 0 bridgehead atoms. The van der Waals surface area contributed by atoms with Crippen LogP contribution in [-0.4, -0.2) is 40.5 Å². The molecule has 26 heavy (non-hydrogen) atoms. The first-order valence-electron chi connectivity index (χ1n) is 9.05. The number of hydrogen-bond donors (Lipinski definition) is 1. The van der Waals surface area contributed by atoms with Gasteiger partial charge in [-0.05, 0) is 30.9 Å². The predicted octanol–water partition coefficient (Wildman–Crippen LogP) is 2.44. The van der Waals surface area contributed by atoms with E-state index in [0.29, 0.717) is 35.1 Å². The maximum absolute atomic E-state index is 13.0. The quantitative estimate of drug-likeness (QED) is 0.594. The normalized spacial score (nSPS) is 17.1. The van der Waals surface area contributed by atoms with Crippen molar-refractivity contribution in [1.82, 2.24) is 14.9 Å². The Morgan fingerprint density at radius 1 is 1.42 bits per heavy atom. The molecule has 1 aromatic carbocycles. The Balaban J connectivity index is 1.84. The van der Waals surface area contributed by atoms with Crippen LogP contribution in [0.2, 0.25) is 0 Å². The lowest BCUT2D eigenvalue weighted by Crippen LogP contribution is -2.31. The third-order valence-electron chi connectivity index (χ3n) is 4.28. The first-order chi connectivity index (χ1) is 12.5. The number of para-hydroxylation sites is 1. The number of nitrogens with one attached hydrogen (secondary N) is 1. The number of carbonyl (C=O) groups is 1. The highest BCUT2D eigenvalue weighted by molar-refractivity contribution is 7.99. The largest absolute Gasteiger partial charge is 0.376 e. The van der Waals surface area contributed by atoms with E-state index in [1.165, 1.54) is 11.8 Å². The molecule has 1 N–H and O–H groups in total. The van der Waals surface area contributed by atoms with Crippen LogP contribution in [0.4, 0.5) is 0 Å². The van der Waals surface area contributed by atoms with E-state index in [9.17, 15) is 9.59 Å². The van der Waals surface area contributed by atoms with Crippen LogP contribution >= 0.6 is 11.8 Å². The van der Waals surface area contributed by atoms with Crippen LogP contribution in [0, 0.1) is 5.92 Å². The minimum absolute atomic E-state index is 0.0322. The fourth-order valence-corrected chi connectivity index (χ4v) is 3.75. The molecule has 2 heterocycles. The van der Waals surface area contributed by atoms with Crippen LogP contribution in [0.5, 0.6) is 0 Å². The highest BCUT2D eigenvalue weighted by atomic mass is 32.2. The molecule has 1 aliphatic rings. The van der Waals surface area contributed by atoms with Gasteiger partial charge < -0.3 is 10.1 Å². The van der Waals surface area contributed by atoms with Crippen molar-refractivity contribution in [3.05, 3.63) is 34.6 Å². The van der Waals surface area contributed by atoms with E-state index in [-0.39, 0.29) is 23.3 Å². The van der Waals surface area contributed by atoms with Gasteiger partial charge in [0.1, 0.15) is 0 Å². The molecule has 1 aromatic heterocycles. The first kappa shape index (κ1) is 18.9. The lowest BCUT2D eigenvalue weighted by atomic mass is 10.2. The summed E-state index contributed by atoms with van der Waals surface area (Å²) in [5.41, 5.74) is 0.586. The fourth-order valence-electron chi connectivity index (χ4n) is 2.91. The molecule has 7 heteroatoms. The van der Waals surface area contributed by atoms with Gasteiger partial charge in [-0.3, -0.25) is 14.2 Å². The number of thioether (sulfide) groups is 1. The van der Waals surface area contributed by atoms with Gasteiger partial charge >= 0.3 is 0 Å². The van der Waals surface area contributed by atoms with Crippen LogP contribution < -0.4 is 10.9 Å². The predicted molar refractivity (Wildman–Crippen MR) is 104 cm³/mol. The Labute approximate surface area is 157 Å². The summed E-state index contributed by atoms with van der Waals surface area (Å²) in [6, 6.07) is 7.33. The van der Waals surface area contributed by atoms with Crippen LogP contribution in [0.3, 0.4) is 0 Å². The summed E-state index contributed by atoms with van der Waals surface area (Å²) < 4.78 is 7.36. The molecular weight excluding hydrogens is 350 g/mol. The minimum atomic E-state index is -0.0730. The Bertz CT molecular complexity index is 828. The number of carbonyl (C=O) groups excluding carboxylic acids is 1. The number of hydrogen-bond acceptors (Lipinski definition) is 5. The van der Waals surface area contributed by atoms with Gasteiger partial charge in [0.15, 0.2) is 5.16 Å². The SMILES string of the molecule is CC(C)CNC(=O)CSc1nc2ccccc2c(=O)n1C[C@@H]1CCCO1. The average molecular weight is 375 g/mol. The molecule has 6 nitrogen and oxygen atoms in total. The number of amides is 1. The molecule has 0 aliphatic carbocycles. The van der Waals surface area contributed by atoms with E-state index in [4.69, 9.17) is 4.74 Å². The van der Waals surface area contributed by atoms with Gasteiger partial charge in [-0.2, -0.15) is 0 Å². The molecule has 1 fully saturated rings. The smallest absolute Gasteiger partial charge is 0.262 e. The number of nitrogens with zero attached hydrogens (tertiary/aromatic N) is 2. The molecule has 0 unspecified atom stereocenters. The second-order valence-corrected chi connectivity index (χ2v) is 7.89. The second-order valence-electron chi connectivity index (χ2n) is 6.95. The van der Waals surface area contributed by atoms with Gasteiger partial charge in [0.05, 0.1) is 29.3 Å². The van der Waals surface area contributed by atoms with Crippen molar-refractivity contribution in [3.63, 3.8) is 0 Å². The summed E-state index contributed by atoms with van der Waals surface area (Å²) in [7, 11) is 0. The standard InChI is InChI=1S/C19H25N3O3S/c1-13(2)10-20-17(23)12-26-19-21-16-8-4-3-7-15(16)18(24)22(19)11-14-6-5-9-25-14/h3-4,7-8,13-14H,5-6,9-12H2,1-2H3,(H,20,23)/t14-/m0/s1. The highest BCUT2D eigenvalue weighted by Gasteiger charge is 2.20. The van der Waals surface area contributed by atoms with Crippen LogP contribution in [0.1, 0.15) is 26.7 Å². The summed E-state index contributed by atoms with van der Waals surface area (Å²) in [4.78, 5) is 29.6. The fraction of sp³-hybridized carbons (Fsp3) is 0.526. The van der Waals surface area contributed by atoms with Crippen molar-refractivity contribution in [2.75, 3.05) is 18.9 Å². The Hall–Kier alpha value is -1.86. The topological polar surface area (TPSA) is 73.2 Å². The van der Waals surface area contributed by atoms with Gasteiger partial charge in [0.2, 0.25) is 5.91 Å². The summed E-state index contributed by atoms with van der Waals surface area (Å²) >= 11 is 1.30. The summed E-state index contributed by atoms with van der Waals surface area (Å²) in [6.45, 7) is 5.97. The van der Waals surface area contributed by atoms with Crippen LogP contribution in [0.15, 0.2) is 34.2 Å². The van der Waals surface area contributed by atoms with Gasteiger partial charge in [-0.1, -0.05) is 37.7 Å². The number of ether oxygens (including phenoxy) is 1. The summed E-state index contributed by atoms with van der Waals surface area (Å²) in [5, 5.41) is 4.07. The van der Waals surface area contributed by atoms with Crippen LogP contribution in [0.25, 0.3) is 10.9 Å². The second kappa shape index (κ2) is 8.68. The van der Waals surface area contributed by atoms with Crippen molar-refractivity contribution in [3.8, 4) is 0 Å². The van der Waals surface area contributed by atoms with Crippen molar-refractivity contribution in [1.29, 1.82) is 0 Å². The molecule has 140 valence electrons. The molecule has 1 aliphatic heterocycles. The molecule has 0 spiro atoms. The van der Waals surface area contributed by atoms with Crippen molar-refractivity contribution < 1.29 is 9.53 Å². The lowest BCUT2D eigenvalue weighted by molar-refractivity contribution is -0.118. The van der Waals surface area contributed by atoms with E-state index in [0.717, 1.165) is 19.4 Å². The molecule has 1 atom stereocenters. The molecule has 0 radical (unpaired) electrons. The maximum Gasteiger partial charge on any atom is 0.262 e. The zero-order chi connectivity index (χ0) is 18.5. The third-order valence-corrected chi connectivity index (χ3v) is 5.25. The Morgan fingerprint density at radius 2 is 2.23 bits per heavy atom. The van der Waals surface area contributed by atoms with E-state index in [1.54, 1.807) is 10.6 Å². The number of rotatable bonds is 7. The number of aromatic nitrogens is 2. The van der Waals surface area contributed by atoms with Crippen molar-refractivity contribution >= 4 is 28.6 Å². The Kier molecular flexibility index (Phi) is 6.32. The number of fused-ring (bicyclic) bond motifs is 1. The van der Waals surface area contributed by atoms with E-state index in [2.05, 4.69) is 24.1 Å². The molecule has 1 amide bonds. The monoisotopic (exact) mass is 375 g/mol. The summed E-state index contributed by atoms with van der Waals surface area (Å²) in [5.74, 6) is 0.596. The van der Waals surface area contributed by atoms with E-state index < -0.39 is 0 Å². The van der Waals surface area contributed by atoms with Crippen molar-refractivity contribution in [2.45, 2.75) is 44.5 Å². The van der Waals surface area contributed by atoms with Crippen LogP contribution in [-0.2, 0) is 16.1 Å². The Morgan fingerprint density at radius 3 is 2.96 bits per heavy atom. The highest BCUT2D eigenvalue weighted by Crippen LogP contribution is 2.20. The van der Waals surface area contributed by atoms with E-state index >= 15 is 0 Å². The van der Waals surface area contributed by atoms with Gasteiger partial charge in [0, 0.05) is 13.2 Å². The molecule has 3 rings (SSSR count). The van der Waals surface area contributed by atoms with Gasteiger partial charge in [-0.15, -0.1) is 0 Å². The third kappa shape index (κ3) is 4.65. The molecule has 0 saturated carbocycles. The lowest BCUT2D eigenvalue weighted by Gasteiger charge is -2.16. The maximum atomic E-state index is 13.0. The van der Waals surface area contributed by atoms with E-state index in [1.807, 2.05) is 18.2 Å². The molecule has 2 aromatic rings. The van der Waals surface area contributed by atoms with Gasteiger partial charge in [0.25, 0.3) is 5.56 Å².